The van der Waals surface area contributed by atoms with Crippen molar-refractivity contribution in [1.82, 2.24) is 4.98 Å². The minimum absolute atomic E-state index is 0.215. The lowest BCUT2D eigenvalue weighted by molar-refractivity contribution is 1.25. The van der Waals surface area contributed by atoms with Crippen LogP contribution in [-0.4, -0.2) is 4.98 Å². The minimum Gasteiger partial charge on any atom is -0.394 e. The van der Waals surface area contributed by atoms with Crippen LogP contribution in [0.2, 0.25) is 5.02 Å². The molecule has 0 aliphatic rings. The molecule has 3 nitrogen and oxygen atoms in total. The van der Waals surface area contributed by atoms with Crippen LogP contribution in [0.3, 0.4) is 0 Å². The number of hydrogen-bond donors (Lipinski definition) is 2. The number of rotatable bonds is 1. The predicted octanol–water partition coefficient (Wildman–Crippen LogP) is 2.28. The first kappa shape index (κ1) is 9.80. The predicted molar refractivity (Wildman–Crippen MR) is 61.9 cm³/mol. The number of anilines is 1. The normalized spacial score (nSPS) is 10.2. The number of H-pyrrole nitrogens is 1. The number of pyridine rings is 1. The summed E-state index contributed by atoms with van der Waals surface area (Å²) in [6.07, 6.45) is 0. The lowest BCUT2D eigenvalue weighted by Crippen LogP contribution is -2.11. The Morgan fingerprint density at radius 1 is 1.07 bits per heavy atom. The Morgan fingerprint density at radius 2 is 1.73 bits per heavy atom. The van der Waals surface area contributed by atoms with Crippen LogP contribution in [0.15, 0.2) is 41.2 Å². The maximum atomic E-state index is 11.3. The Morgan fingerprint density at radius 3 is 2.33 bits per heavy atom. The van der Waals surface area contributed by atoms with Gasteiger partial charge in [-0.1, -0.05) is 23.7 Å². The average molecular weight is 221 g/mol. The smallest absolute Gasteiger partial charge is 0.271 e. The molecule has 0 radical (unpaired) electrons. The molecule has 0 bridgehead atoms. The molecule has 3 N–H and O–H groups in total. The molecule has 0 spiro atoms. The van der Waals surface area contributed by atoms with Gasteiger partial charge in [0.05, 0.1) is 5.69 Å². The molecule has 0 saturated carbocycles. The van der Waals surface area contributed by atoms with E-state index in [1.54, 1.807) is 24.3 Å². The Balaban J connectivity index is 2.50. The largest absolute Gasteiger partial charge is 0.394 e. The topological polar surface area (TPSA) is 58.9 Å². The van der Waals surface area contributed by atoms with E-state index in [0.29, 0.717) is 5.02 Å². The standard InChI is InChI=1S/C11H9ClN2O/c12-8-3-1-7(2-4-8)10-6-5-9(13)11(15)14-10/h1-6H,13H2,(H,14,15). The van der Waals surface area contributed by atoms with Crippen LogP contribution < -0.4 is 11.3 Å². The monoisotopic (exact) mass is 220 g/mol. The number of aromatic nitrogens is 1. The van der Waals surface area contributed by atoms with Gasteiger partial charge in [-0.3, -0.25) is 4.79 Å². The van der Waals surface area contributed by atoms with Crippen molar-refractivity contribution < 1.29 is 0 Å². The van der Waals surface area contributed by atoms with Gasteiger partial charge in [-0.2, -0.15) is 0 Å². The number of halogens is 1. The number of nitrogens with one attached hydrogen (secondary N) is 1. The van der Waals surface area contributed by atoms with Crippen molar-refractivity contribution in [2.24, 2.45) is 0 Å². The minimum atomic E-state index is -0.276. The lowest BCUT2D eigenvalue weighted by Gasteiger charge is -2.01. The van der Waals surface area contributed by atoms with Gasteiger partial charge >= 0.3 is 0 Å². The van der Waals surface area contributed by atoms with E-state index in [2.05, 4.69) is 4.98 Å². The van der Waals surface area contributed by atoms with Gasteiger partial charge in [0.1, 0.15) is 0 Å². The van der Waals surface area contributed by atoms with Gasteiger partial charge in [-0.15, -0.1) is 0 Å². The Kier molecular flexibility index (Phi) is 2.47. The molecule has 1 aromatic carbocycles. The van der Waals surface area contributed by atoms with Crippen LogP contribution in [0, 0.1) is 0 Å². The van der Waals surface area contributed by atoms with Crippen molar-refractivity contribution in [1.29, 1.82) is 0 Å². The second-order valence-corrected chi connectivity index (χ2v) is 3.60. The van der Waals surface area contributed by atoms with Gasteiger partial charge in [-0.25, -0.2) is 0 Å². The first-order valence-corrected chi connectivity index (χ1v) is 4.79. The van der Waals surface area contributed by atoms with E-state index in [0.717, 1.165) is 11.3 Å². The third kappa shape index (κ3) is 2.02. The molecule has 2 rings (SSSR count). The average Bonchev–Trinajstić information content (AvgIpc) is 2.23. The molecule has 0 aliphatic heterocycles. The first-order chi connectivity index (χ1) is 7.16. The fourth-order valence-corrected chi connectivity index (χ4v) is 1.41. The summed E-state index contributed by atoms with van der Waals surface area (Å²) in [5, 5.41) is 0.663. The summed E-state index contributed by atoms with van der Waals surface area (Å²) >= 11 is 5.76. The Hall–Kier alpha value is -1.74. The highest BCUT2D eigenvalue weighted by molar-refractivity contribution is 6.30. The molecule has 0 fully saturated rings. The quantitative estimate of drug-likeness (QED) is 0.775. The van der Waals surface area contributed by atoms with Gasteiger partial charge in [0.2, 0.25) is 0 Å². The van der Waals surface area contributed by atoms with Crippen LogP contribution in [0.5, 0.6) is 0 Å². The van der Waals surface area contributed by atoms with E-state index < -0.39 is 0 Å². The zero-order chi connectivity index (χ0) is 10.8. The first-order valence-electron chi connectivity index (χ1n) is 4.41. The molecule has 4 heteroatoms. The molecular weight excluding hydrogens is 212 g/mol. The number of nitrogen functional groups attached to an aromatic ring is 1. The number of benzene rings is 1. The molecule has 1 aromatic heterocycles. The summed E-state index contributed by atoms with van der Waals surface area (Å²) < 4.78 is 0. The zero-order valence-electron chi connectivity index (χ0n) is 7.83. The molecule has 76 valence electrons. The Bertz CT molecular complexity index is 531. The number of aromatic amines is 1. The second kappa shape index (κ2) is 3.79. The molecule has 2 aromatic rings. The summed E-state index contributed by atoms with van der Waals surface area (Å²) in [7, 11) is 0. The van der Waals surface area contributed by atoms with Crippen molar-refractivity contribution in [2.75, 3.05) is 5.73 Å². The summed E-state index contributed by atoms with van der Waals surface area (Å²) in [6, 6.07) is 10.6. The summed E-state index contributed by atoms with van der Waals surface area (Å²) in [4.78, 5) is 14.0. The van der Waals surface area contributed by atoms with Crippen molar-refractivity contribution in [3.05, 3.63) is 51.8 Å². The Labute approximate surface area is 91.5 Å². The molecule has 0 aliphatic carbocycles. The van der Waals surface area contributed by atoms with Crippen molar-refractivity contribution in [3.8, 4) is 11.3 Å². The van der Waals surface area contributed by atoms with Crippen molar-refractivity contribution in [3.63, 3.8) is 0 Å². The second-order valence-electron chi connectivity index (χ2n) is 3.16. The van der Waals surface area contributed by atoms with Gasteiger partial charge in [0.15, 0.2) is 0 Å². The molecule has 15 heavy (non-hydrogen) atoms. The SMILES string of the molecule is Nc1ccc(-c2ccc(Cl)cc2)[nH]c1=O. The van der Waals surface area contributed by atoms with Crippen LogP contribution in [0.4, 0.5) is 5.69 Å². The van der Waals surface area contributed by atoms with Gasteiger partial charge < -0.3 is 10.7 Å². The summed E-state index contributed by atoms with van der Waals surface area (Å²) in [6.45, 7) is 0. The van der Waals surface area contributed by atoms with Crippen molar-refractivity contribution >= 4 is 17.3 Å². The highest BCUT2D eigenvalue weighted by atomic mass is 35.5. The van der Waals surface area contributed by atoms with Crippen LogP contribution >= 0.6 is 11.6 Å². The number of nitrogens with two attached hydrogens (primary N) is 1. The highest BCUT2D eigenvalue weighted by Gasteiger charge is 2.00. The zero-order valence-corrected chi connectivity index (χ0v) is 8.58. The third-order valence-electron chi connectivity index (χ3n) is 2.10. The summed E-state index contributed by atoms with van der Waals surface area (Å²) in [5.74, 6) is 0. The van der Waals surface area contributed by atoms with Crippen molar-refractivity contribution in [2.45, 2.75) is 0 Å². The molecular formula is C11H9ClN2O. The maximum Gasteiger partial charge on any atom is 0.271 e. The van der Waals surface area contributed by atoms with Gasteiger partial charge in [0, 0.05) is 10.7 Å². The highest BCUT2D eigenvalue weighted by Crippen LogP contribution is 2.18. The molecule has 0 atom stereocenters. The van der Waals surface area contributed by atoms with E-state index in [-0.39, 0.29) is 11.2 Å². The van der Waals surface area contributed by atoms with E-state index in [4.69, 9.17) is 17.3 Å². The van der Waals surface area contributed by atoms with E-state index in [1.165, 1.54) is 0 Å². The van der Waals surface area contributed by atoms with Crippen LogP contribution in [0.25, 0.3) is 11.3 Å². The molecule has 0 saturated heterocycles. The number of hydrogen-bond acceptors (Lipinski definition) is 2. The third-order valence-corrected chi connectivity index (χ3v) is 2.35. The molecule has 0 unspecified atom stereocenters. The molecule has 1 heterocycles. The van der Waals surface area contributed by atoms with E-state index in [9.17, 15) is 4.79 Å². The van der Waals surface area contributed by atoms with Crippen LogP contribution in [0.1, 0.15) is 0 Å². The van der Waals surface area contributed by atoms with Crippen LogP contribution in [-0.2, 0) is 0 Å². The van der Waals surface area contributed by atoms with Gasteiger partial charge in [0.25, 0.3) is 5.56 Å². The molecule has 0 amide bonds. The maximum absolute atomic E-state index is 11.3. The lowest BCUT2D eigenvalue weighted by atomic mass is 10.1. The fraction of sp³-hybridized carbons (Fsp3) is 0. The van der Waals surface area contributed by atoms with E-state index in [1.807, 2.05) is 12.1 Å². The van der Waals surface area contributed by atoms with Gasteiger partial charge in [-0.05, 0) is 29.8 Å². The summed E-state index contributed by atoms with van der Waals surface area (Å²) in [5.41, 5.74) is 6.99. The fourth-order valence-electron chi connectivity index (χ4n) is 1.28. The van der Waals surface area contributed by atoms with E-state index >= 15 is 0 Å².